The lowest BCUT2D eigenvalue weighted by Crippen LogP contribution is -2.45. The largest absolute Gasteiger partial charge is 0.401 e. The zero-order valence-electron chi connectivity index (χ0n) is 7.67. The average molecular weight is 234 g/mol. The number of hydrogen-bond acceptors (Lipinski definition) is 1. The number of carbonyl (C=O) groups is 1. The first-order valence-electron chi connectivity index (χ1n) is 4.16. The first-order chi connectivity index (χ1) is 6.52. The van der Waals surface area contributed by atoms with Crippen molar-refractivity contribution in [2.24, 2.45) is 11.3 Å². The predicted octanol–water partition coefficient (Wildman–Crippen LogP) is 3.10. The Morgan fingerprint density at radius 3 is 1.47 bits per heavy atom. The molecule has 1 nitrogen and oxygen atoms in total. The van der Waals surface area contributed by atoms with Gasteiger partial charge in [0.05, 0.1) is 0 Å². The van der Waals surface area contributed by atoms with Gasteiger partial charge in [-0.3, -0.25) is 4.79 Å². The van der Waals surface area contributed by atoms with Crippen LogP contribution in [-0.4, -0.2) is 18.1 Å². The lowest BCUT2D eigenvalue weighted by molar-refractivity contribution is -0.300. The highest BCUT2D eigenvalue weighted by atomic mass is 19.4. The normalized spacial score (nSPS) is 20.5. The second kappa shape index (κ2) is 3.12. The standard InChI is InChI=1S/C8H8F6O/c1-4(15)6(2-3-6)5(7(9,10)11)8(12,13)14/h5H,2-3H2,1H3. The molecule has 0 amide bonds. The van der Waals surface area contributed by atoms with Gasteiger partial charge in [-0.1, -0.05) is 0 Å². The highest BCUT2D eigenvalue weighted by Crippen LogP contribution is 2.62. The van der Waals surface area contributed by atoms with Crippen LogP contribution in [0.15, 0.2) is 0 Å². The summed E-state index contributed by atoms with van der Waals surface area (Å²) in [6, 6.07) is 0. The fourth-order valence-corrected chi connectivity index (χ4v) is 1.79. The Kier molecular flexibility index (Phi) is 2.56. The second-order valence-electron chi connectivity index (χ2n) is 3.73. The molecule has 1 aliphatic rings. The van der Waals surface area contributed by atoms with E-state index in [0.717, 1.165) is 6.92 Å². The minimum atomic E-state index is -5.42. The first-order valence-corrected chi connectivity index (χ1v) is 4.16. The molecule has 0 saturated heterocycles. The van der Waals surface area contributed by atoms with E-state index in [9.17, 15) is 31.1 Å². The highest BCUT2D eigenvalue weighted by Gasteiger charge is 2.72. The molecule has 15 heavy (non-hydrogen) atoms. The third-order valence-electron chi connectivity index (χ3n) is 2.70. The van der Waals surface area contributed by atoms with E-state index in [-0.39, 0.29) is 12.8 Å². The first kappa shape index (κ1) is 12.3. The third kappa shape index (κ3) is 2.10. The third-order valence-corrected chi connectivity index (χ3v) is 2.70. The van der Waals surface area contributed by atoms with Gasteiger partial charge in [0.25, 0.3) is 0 Å². The molecular formula is C8H8F6O. The van der Waals surface area contributed by atoms with Crippen molar-refractivity contribution in [2.75, 3.05) is 0 Å². The summed E-state index contributed by atoms with van der Waals surface area (Å²) in [4.78, 5) is 10.9. The number of ketones is 1. The van der Waals surface area contributed by atoms with Crippen molar-refractivity contribution in [3.05, 3.63) is 0 Å². The summed E-state index contributed by atoms with van der Waals surface area (Å²) in [6.07, 6.45) is -11.5. The van der Waals surface area contributed by atoms with Crippen LogP contribution in [0.4, 0.5) is 26.3 Å². The monoisotopic (exact) mass is 234 g/mol. The van der Waals surface area contributed by atoms with Gasteiger partial charge < -0.3 is 0 Å². The van der Waals surface area contributed by atoms with Crippen LogP contribution in [0.1, 0.15) is 19.8 Å². The Bertz CT molecular complexity index is 258. The number of hydrogen-bond donors (Lipinski definition) is 0. The van der Waals surface area contributed by atoms with Gasteiger partial charge in [0, 0.05) is 5.41 Å². The molecule has 0 spiro atoms. The number of alkyl halides is 6. The van der Waals surface area contributed by atoms with Gasteiger partial charge in [0.15, 0.2) is 5.92 Å². The Labute approximate surface area is 81.4 Å². The lowest BCUT2D eigenvalue weighted by atomic mass is 9.84. The summed E-state index contributed by atoms with van der Waals surface area (Å²) in [5, 5.41) is 0. The Hall–Kier alpha value is -0.750. The molecule has 0 radical (unpaired) electrons. The maximum absolute atomic E-state index is 12.2. The Morgan fingerprint density at radius 2 is 1.40 bits per heavy atom. The van der Waals surface area contributed by atoms with Crippen LogP contribution in [0.2, 0.25) is 0 Å². The van der Waals surface area contributed by atoms with Crippen molar-refractivity contribution in [3.63, 3.8) is 0 Å². The quantitative estimate of drug-likeness (QED) is 0.671. The molecule has 0 unspecified atom stereocenters. The molecule has 0 bridgehead atoms. The van der Waals surface area contributed by atoms with Crippen molar-refractivity contribution in [1.29, 1.82) is 0 Å². The maximum atomic E-state index is 12.2. The van der Waals surface area contributed by atoms with Crippen molar-refractivity contribution >= 4 is 5.78 Å². The summed E-state index contributed by atoms with van der Waals surface area (Å²) in [6.45, 7) is 0.775. The van der Waals surface area contributed by atoms with E-state index in [0.29, 0.717) is 0 Å². The Morgan fingerprint density at radius 1 is 1.07 bits per heavy atom. The van der Waals surface area contributed by atoms with E-state index < -0.39 is 29.5 Å². The second-order valence-corrected chi connectivity index (χ2v) is 3.73. The van der Waals surface area contributed by atoms with Crippen molar-refractivity contribution in [1.82, 2.24) is 0 Å². The molecule has 1 aliphatic carbocycles. The topological polar surface area (TPSA) is 17.1 Å². The van der Waals surface area contributed by atoms with Crippen molar-refractivity contribution in [3.8, 4) is 0 Å². The van der Waals surface area contributed by atoms with Crippen LogP contribution in [-0.2, 0) is 4.79 Å². The van der Waals surface area contributed by atoms with E-state index in [4.69, 9.17) is 0 Å². The van der Waals surface area contributed by atoms with Crippen LogP contribution in [0.3, 0.4) is 0 Å². The number of rotatable bonds is 2. The lowest BCUT2D eigenvalue weighted by Gasteiger charge is -2.28. The van der Waals surface area contributed by atoms with Gasteiger partial charge >= 0.3 is 12.4 Å². The fraction of sp³-hybridized carbons (Fsp3) is 0.875. The van der Waals surface area contributed by atoms with Gasteiger partial charge in [-0.2, -0.15) is 26.3 Å². The maximum Gasteiger partial charge on any atom is 0.401 e. The van der Waals surface area contributed by atoms with Gasteiger partial charge in [0.1, 0.15) is 5.78 Å². The van der Waals surface area contributed by atoms with Gasteiger partial charge in [-0.15, -0.1) is 0 Å². The minimum Gasteiger partial charge on any atom is -0.299 e. The minimum absolute atomic E-state index is 0.341. The van der Waals surface area contributed by atoms with E-state index in [1.807, 2.05) is 0 Å². The molecule has 0 N–H and O–H groups in total. The van der Waals surface area contributed by atoms with E-state index >= 15 is 0 Å². The van der Waals surface area contributed by atoms with Crippen LogP contribution < -0.4 is 0 Å². The van der Waals surface area contributed by atoms with Gasteiger partial charge in [-0.05, 0) is 19.8 Å². The molecule has 1 rings (SSSR count). The molecule has 0 heterocycles. The zero-order chi connectivity index (χ0) is 12.1. The zero-order valence-corrected chi connectivity index (χ0v) is 7.67. The van der Waals surface area contributed by atoms with Crippen LogP contribution in [0, 0.1) is 11.3 Å². The summed E-state index contributed by atoms with van der Waals surface area (Å²) in [7, 11) is 0. The molecule has 7 heteroatoms. The Balaban J connectivity index is 3.09. The van der Waals surface area contributed by atoms with Gasteiger partial charge in [-0.25, -0.2) is 0 Å². The van der Waals surface area contributed by atoms with E-state index in [1.165, 1.54) is 0 Å². The molecule has 0 aliphatic heterocycles. The van der Waals surface area contributed by atoms with Crippen LogP contribution in [0.25, 0.3) is 0 Å². The van der Waals surface area contributed by atoms with Crippen molar-refractivity contribution < 1.29 is 31.1 Å². The molecule has 0 atom stereocenters. The fourth-order valence-electron chi connectivity index (χ4n) is 1.79. The number of halogens is 6. The summed E-state index contributed by atoms with van der Waals surface area (Å²) < 4.78 is 73.4. The van der Waals surface area contributed by atoms with Crippen LogP contribution >= 0.6 is 0 Å². The summed E-state index contributed by atoms with van der Waals surface area (Å²) >= 11 is 0. The van der Waals surface area contributed by atoms with Gasteiger partial charge in [0.2, 0.25) is 0 Å². The number of Topliss-reactive ketones (excluding diaryl/α,β-unsaturated/α-hetero) is 1. The molecule has 1 saturated carbocycles. The summed E-state index contributed by atoms with van der Waals surface area (Å²) in [5.41, 5.74) is -2.25. The number of carbonyl (C=O) groups excluding carboxylic acids is 1. The molecule has 1 fully saturated rings. The molecule has 0 aromatic rings. The summed E-state index contributed by atoms with van der Waals surface area (Å²) in [5.74, 6) is -4.56. The smallest absolute Gasteiger partial charge is 0.299 e. The van der Waals surface area contributed by atoms with Crippen molar-refractivity contribution in [2.45, 2.75) is 32.1 Å². The van der Waals surface area contributed by atoms with E-state index in [1.54, 1.807) is 0 Å². The SMILES string of the molecule is CC(=O)C1(C(C(F)(F)F)C(F)(F)F)CC1. The highest BCUT2D eigenvalue weighted by molar-refractivity contribution is 5.85. The molecule has 88 valence electrons. The van der Waals surface area contributed by atoms with E-state index in [2.05, 4.69) is 0 Å². The average Bonchev–Trinajstić information content (AvgIpc) is 2.61. The molecular weight excluding hydrogens is 226 g/mol. The van der Waals surface area contributed by atoms with Crippen LogP contribution in [0.5, 0.6) is 0 Å². The molecule has 0 aromatic carbocycles. The predicted molar refractivity (Wildman–Crippen MR) is 37.9 cm³/mol. The molecule has 0 aromatic heterocycles.